The van der Waals surface area contributed by atoms with E-state index in [1.165, 1.54) is 16.3 Å². The molecule has 0 aliphatic heterocycles. The van der Waals surface area contributed by atoms with Crippen LogP contribution in [0.5, 0.6) is 0 Å². The van der Waals surface area contributed by atoms with Crippen LogP contribution in [0, 0.1) is 6.92 Å². The summed E-state index contributed by atoms with van der Waals surface area (Å²) in [6, 6.07) is 8.96. The second-order valence-corrected chi connectivity index (χ2v) is 7.68. The van der Waals surface area contributed by atoms with Crippen molar-refractivity contribution in [3.8, 4) is 11.4 Å². The van der Waals surface area contributed by atoms with Crippen LogP contribution in [0.2, 0.25) is 0 Å². The van der Waals surface area contributed by atoms with Gasteiger partial charge in [-0.25, -0.2) is 4.68 Å². The highest BCUT2D eigenvalue weighted by Gasteiger charge is 2.30. The number of nitrogens with zero attached hydrogens (tertiary/aromatic N) is 6. The Morgan fingerprint density at radius 3 is 2.57 bits per heavy atom. The molecule has 3 rings (SSSR count). The molecule has 0 aliphatic carbocycles. The molecule has 2 aromatic heterocycles. The summed E-state index contributed by atoms with van der Waals surface area (Å²) in [6.45, 7) is 1.71. The lowest BCUT2D eigenvalue weighted by molar-refractivity contribution is -0.137. The van der Waals surface area contributed by atoms with Crippen LogP contribution in [-0.4, -0.2) is 53.4 Å². The van der Waals surface area contributed by atoms with E-state index in [1.807, 2.05) is 11.4 Å². The van der Waals surface area contributed by atoms with Crippen molar-refractivity contribution >= 4 is 17.7 Å². The average Bonchev–Trinajstić information content (AvgIpc) is 3.22. The zero-order valence-corrected chi connectivity index (χ0v) is 17.0. The van der Waals surface area contributed by atoms with Gasteiger partial charge in [-0.05, 0) is 36.4 Å². The van der Waals surface area contributed by atoms with E-state index in [0.29, 0.717) is 11.4 Å². The molecule has 0 aliphatic rings. The summed E-state index contributed by atoms with van der Waals surface area (Å²) in [5.74, 6) is -0.821. The average molecular weight is 441 g/mol. The monoisotopic (exact) mass is 441 g/mol. The Labute approximate surface area is 172 Å². The first-order chi connectivity index (χ1) is 14.1. The molecule has 13 heteroatoms. The number of nitrogens with one attached hydrogen (secondary N) is 1. The highest BCUT2D eigenvalue weighted by molar-refractivity contribution is 8.00. The minimum absolute atomic E-state index is 0.107. The summed E-state index contributed by atoms with van der Waals surface area (Å²) in [6.07, 6.45) is -4.51. The highest BCUT2D eigenvalue weighted by atomic mass is 32.2. The van der Waals surface area contributed by atoms with Gasteiger partial charge in [0.15, 0.2) is 5.69 Å². The Morgan fingerprint density at radius 2 is 1.93 bits per heavy atom. The Bertz CT molecular complexity index is 1100. The van der Waals surface area contributed by atoms with E-state index in [4.69, 9.17) is 0 Å². The van der Waals surface area contributed by atoms with Gasteiger partial charge in [-0.3, -0.25) is 14.3 Å². The Kier molecular flexibility index (Phi) is 6.01. The molecular weight excluding hydrogens is 423 g/mol. The fourth-order valence-corrected chi connectivity index (χ4v) is 3.55. The van der Waals surface area contributed by atoms with Crippen molar-refractivity contribution in [2.45, 2.75) is 30.4 Å². The number of amides is 1. The zero-order valence-electron chi connectivity index (χ0n) is 16.2. The molecule has 0 radical (unpaired) electrons. The second kappa shape index (κ2) is 8.34. The highest BCUT2D eigenvalue weighted by Crippen LogP contribution is 2.24. The summed E-state index contributed by atoms with van der Waals surface area (Å²) in [7, 11) is 1.71. The van der Waals surface area contributed by atoms with Gasteiger partial charge in [0.05, 0.1) is 16.6 Å². The number of hydrogen-bond acceptors (Lipinski definition) is 6. The van der Waals surface area contributed by atoms with Crippen LogP contribution < -0.4 is 10.9 Å². The van der Waals surface area contributed by atoms with E-state index in [1.54, 1.807) is 42.9 Å². The molecular formula is C17H18F3N7O2S. The van der Waals surface area contributed by atoms with Crippen molar-refractivity contribution in [2.24, 2.45) is 7.05 Å². The number of halogens is 3. The van der Waals surface area contributed by atoms with Crippen LogP contribution >= 0.6 is 11.8 Å². The Hall–Kier alpha value is -3.09. The van der Waals surface area contributed by atoms with Gasteiger partial charge in [0.2, 0.25) is 11.1 Å². The van der Waals surface area contributed by atoms with Gasteiger partial charge in [0.1, 0.15) is 6.54 Å². The second-order valence-electron chi connectivity index (χ2n) is 6.38. The molecule has 1 atom stereocenters. The third-order valence-electron chi connectivity index (χ3n) is 4.29. The third-order valence-corrected chi connectivity index (χ3v) is 5.32. The first-order valence-electron chi connectivity index (χ1n) is 8.74. The van der Waals surface area contributed by atoms with Crippen molar-refractivity contribution in [3.05, 3.63) is 46.4 Å². The number of thioether (sulfide) groups is 1. The minimum Gasteiger partial charge on any atom is -0.346 e. The molecule has 0 spiro atoms. The number of benzene rings is 1. The lowest BCUT2D eigenvalue weighted by Crippen LogP contribution is -2.38. The van der Waals surface area contributed by atoms with Crippen molar-refractivity contribution in [3.63, 3.8) is 0 Å². The van der Waals surface area contributed by atoms with Crippen molar-refractivity contribution in [2.75, 3.05) is 6.54 Å². The molecule has 1 amide bonds. The maximum atomic E-state index is 13.1. The third kappa shape index (κ3) is 4.40. The first kappa shape index (κ1) is 21.6. The van der Waals surface area contributed by atoms with Crippen molar-refractivity contribution in [1.82, 2.24) is 34.9 Å². The van der Waals surface area contributed by atoms with Crippen LogP contribution in [0.3, 0.4) is 0 Å². The van der Waals surface area contributed by atoms with Crippen molar-refractivity contribution in [1.29, 1.82) is 0 Å². The van der Waals surface area contributed by atoms with Gasteiger partial charge in [0, 0.05) is 7.05 Å². The molecule has 30 heavy (non-hydrogen) atoms. The number of para-hydroxylation sites is 1. The number of aromatic nitrogens is 6. The first-order valence-corrected chi connectivity index (χ1v) is 9.62. The normalized spacial score (nSPS) is 12.7. The maximum absolute atomic E-state index is 13.1. The molecule has 1 unspecified atom stereocenters. The van der Waals surface area contributed by atoms with Crippen LogP contribution in [0.1, 0.15) is 12.6 Å². The molecule has 1 aromatic carbocycles. The van der Waals surface area contributed by atoms with E-state index in [2.05, 4.69) is 15.5 Å². The number of rotatable bonds is 6. The van der Waals surface area contributed by atoms with Crippen LogP contribution in [0.4, 0.5) is 13.2 Å². The Balaban J connectivity index is 1.91. The van der Waals surface area contributed by atoms with Gasteiger partial charge in [-0.15, -0.1) is 5.10 Å². The number of hydrogen-bond donors (Lipinski definition) is 1. The summed E-state index contributed by atoms with van der Waals surface area (Å²) in [4.78, 5) is 25.1. The predicted octanol–water partition coefficient (Wildman–Crippen LogP) is 1.62. The van der Waals surface area contributed by atoms with Crippen LogP contribution in [0.15, 0.2) is 40.3 Å². The van der Waals surface area contributed by atoms with Gasteiger partial charge in [-0.1, -0.05) is 30.0 Å². The fourth-order valence-electron chi connectivity index (χ4n) is 2.73. The van der Waals surface area contributed by atoms with E-state index in [9.17, 15) is 22.8 Å². The van der Waals surface area contributed by atoms with Crippen LogP contribution in [-0.2, 0) is 11.8 Å². The lowest BCUT2D eigenvalue weighted by Gasteiger charge is -2.12. The number of alkyl halides is 3. The van der Waals surface area contributed by atoms with E-state index in [-0.39, 0.29) is 16.4 Å². The molecule has 3 aromatic rings. The number of tetrazole rings is 1. The smallest absolute Gasteiger partial charge is 0.346 e. The van der Waals surface area contributed by atoms with Gasteiger partial charge in [0.25, 0.3) is 5.56 Å². The summed E-state index contributed by atoms with van der Waals surface area (Å²) >= 11 is 0.849. The molecule has 160 valence electrons. The number of carbonyl (C=O) groups is 1. The molecule has 2 heterocycles. The SMILES string of the molecule is Cc1c(-n2nnnc2SC(C)C(=O)NCC(F)(F)F)c(=O)n(-c2ccccc2)n1C. The fraction of sp³-hybridized carbons (Fsp3) is 0.353. The molecule has 0 saturated carbocycles. The van der Waals surface area contributed by atoms with E-state index in [0.717, 1.165) is 11.8 Å². The predicted molar refractivity (Wildman–Crippen MR) is 103 cm³/mol. The molecule has 0 bridgehead atoms. The Morgan fingerprint density at radius 1 is 1.27 bits per heavy atom. The van der Waals surface area contributed by atoms with E-state index < -0.39 is 23.9 Å². The lowest BCUT2D eigenvalue weighted by atomic mass is 10.3. The summed E-state index contributed by atoms with van der Waals surface area (Å²) in [5.41, 5.74) is 0.995. The summed E-state index contributed by atoms with van der Waals surface area (Å²) in [5, 5.41) is 12.2. The van der Waals surface area contributed by atoms with E-state index >= 15 is 0 Å². The molecule has 0 fully saturated rings. The quantitative estimate of drug-likeness (QED) is 0.584. The standard InChI is InChI=1S/C17H18F3N7O2S/c1-10-13(15(29)27(25(10)3)12-7-5-4-6-8-12)26-16(22-23-24-26)30-11(2)14(28)21-9-17(18,19)20/h4-8,11H,9H2,1-3H3,(H,21,28). The largest absolute Gasteiger partial charge is 0.405 e. The molecule has 1 N–H and O–H groups in total. The van der Waals surface area contributed by atoms with Crippen molar-refractivity contribution < 1.29 is 18.0 Å². The van der Waals surface area contributed by atoms with Gasteiger partial charge < -0.3 is 5.32 Å². The maximum Gasteiger partial charge on any atom is 0.405 e. The number of carbonyl (C=O) groups excluding carboxylic acids is 1. The van der Waals surface area contributed by atoms with Crippen LogP contribution in [0.25, 0.3) is 11.4 Å². The zero-order chi connectivity index (χ0) is 22.1. The van der Waals surface area contributed by atoms with Gasteiger partial charge >= 0.3 is 6.18 Å². The topological polar surface area (TPSA) is 99.6 Å². The summed E-state index contributed by atoms with van der Waals surface area (Å²) < 4.78 is 41.2. The molecule has 0 saturated heterocycles. The van der Waals surface area contributed by atoms with Gasteiger partial charge in [-0.2, -0.15) is 17.9 Å². The molecule has 9 nitrogen and oxygen atoms in total. The minimum atomic E-state index is -4.51.